The molecule has 0 unspecified atom stereocenters. The summed E-state index contributed by atoms with van der Waals surface area (Å²) in [5.41, 5.74) is 0.653. The molecule has 0 radical (unpaired) electrons. The van der Waals surface area contributed by atoms with Gasteiger partial charge in [0.1, 0.15) is 5.82 Å². The third-order valence-corrected chi connectivity index (χ3v) is 4.89. The predicted octanol–water partition coefficient (Wildman–Crippen LogP) is 3.99. The van der Waals surface area contributed by atoms with Crippen molar-refractivity contribution < 1.29 is 13.9 Å². The molecule has 0 aliphatic carbocycles. The lowest BCUT2D eigenvalue weighted by Crippen LogP contribution is -2.46. The molecule has 152 valence electrons. The Kier molecular flexibility index (Phi) is 11.2. The number of likely N-dealkylation sites (tertiary alicyclic amines) is 1. The highest BCUT2D eigenvalue weighted by molar-refractivity contribution is 14.0. The summed E-state index contributed by atoms with van der Waals surface area (Å²) in [5.74, 6) is 0.498. The molecule has 0 bridgehead atoms. The smallest absolute Gasteiger partial charge is 0.309 e. The zero-order valence-corrected chi connectivity index (χ0v) is 19.8. The van der Waals surface area contributed by atoms with Crippen molar-refractivity contribution >= 4 is 51.8 Å². The molecule has 1 fully saturated rings. The van der Waals surface area contributed by atoms with Crippen molar-refractivity contribution in [3.05, 3.63) is 34.1 Å². The van der Waals surface area contributed by atoms with E-state index in [4.69, 9.17) is 4.74 Å². The number of ether oxygens (including phenoxy) is 1. The van der Waals surface area contributed by atoms with E-state index in [1.165, 1.54) is 6.07 Å². The molecule has 1 aromatic rings. The van der Waals surface area contributed by atoms with Crippen LogP contribution in [0.15, 0.2) is 27.7 Å². The molecular weight excluding hydrogens is 528 g/mol. The fraction of sp³-hybridized carbons (Fsp3) is 0.579. The highest BCUT2D eigenvalue weighted by Crippen LogP contribution is 2.19. The topological polar surface area (TPSA) is 53.9 Å². The maximum absolute atomic E-state index is 13.8. The van der Waals surface area contributed by atoms with Gasteiger partial charge in [0.25, 0.3) is 0 Å². The van der Waals surface area contributed by atoms with Gasteiger partial charge in [0.15, 0.2) is 5.96 Å². The Morgan fingerprint density at radius 2 is 2.07 bits per heavy atom. The second-order valence-corrected chi connectivity index (χ2v) is 7.15. The number of aliphatic imine (C=N–C) groups is 1. The molecule has 27 heavy (non-hydrogen) atoms. The molecule has 1 aliphatic heterocycles. The van der Waals surface area contributed by atoms with E-state index in [0.29, 0.717) is 25.1 Å². The number of rotatable bonds is 6. The summed E-state index contributed by atoms with van der Waals surface area (Å²) in [4.78, 5) is 18.7. The zero-order chi connectivity index (χ0) is 18.9. The lowest BCUT2D eigenvalue weighted by molar-refractivity contribution is -0.149. The van der Waals surface area contributed by atoms with Crippen LogP contribution in [0, 0.1) is 11.7 Å². The number of guanidine groups is 1. The highest BCUT2D eigenvalue weighted by Gasteiger charge is 2.27. The van der Waals surface area contributed by atoms with Gasteiger partial charge < -0.3 is 15.0 Å². The van der Waals surface area contributed by atoms with Gasteiger partial charge in [-0.2, -0.15) is 0 Å². The minimum Gasteiger partial charge on any atom is -0.466 e. The molecule has 1 aliphatic rings. The van der Waals surface area contributed by atoms with Gasteiger partial charge in [0.2, 0.25) is 0 Å². The van der Waals surface area contributed by atoms with Crippen LogP contribution in [-0.4, -0.2) is 49.6 Å². The maximum Gasteiger partial charge on any atom is 0.309 e. The minimum absolute atomic E-state index is 0. The third kappa shape index (κ3) is 7.56. The van der Waals surface area contributed by atoms with Crippen molar-refractivity contribution in [3.63, 3.8) is 0 Å². The van der Waals surface area contributed by atoms with E-state index in [-0.39, 0.29) is 41.7 Å². The number of carbonyl (C=O) groups is 1. The molecule has 0 amide bonds. The molecule has 1 aromatic carbocycles. The Morgan fingerprint density at radius 3 is 2.70 bits per heavy atom. The van der Waals surface area contributed by atoms with E-state index in [1.807, 2.05) is 13.8 Å². The Morgan fingerprint density at radius 1 is 1.37 bits per heavy atom. The standard InChI is InChI=1S/C19H27BrFN3O2.HI/c1-3-22-19(23-10-7-15-13-16(20)5-6-17(15)21)24-11-8-14(9-12-24)18(25)26-4-2;/h5-6,13-14H,3-4,7-12H2,1-2H3,(H,22,23);1H. The number of nitrogens with zero attached hydrogens (tertiary/aromatic N) is 2. The third-order valence-electron chi connectivity index (χ3n) is 4.40. The fourth-order valence-electron chi connectivity index (χ4n) is 3.03. The summed E-state index contributed by atoms with van der Waals surface area (Å²) in [6.07, 6.45) is 2.08. The van der Waals surface area contributed by atoms with Crippen LogP contribution >= 0.6 is 39.9 Å². The Hall–Kier alpha value is -0.900. The summed E-state index contributed by atoms with van der Waals surface area (Å²) in [7, 11) is 0. The molecule has 5 nitrogen and oxygen atoms in total. The summed E-state index contributed by atoms with van der Waals surface area (Å²) < 4.78 is 19.8. The molecule has 0 saturated carbocycles. The number of esters is 1. The van der Waals surface area contributed by atoms with Crippen LogP contribution in [-0.2, 0) is 16.0 Å². The first kappa shape index (κ1) is 24.1. The van der Waals surface area contributed by atoms with Crippen molar-refractivity contribution in [1.82, 2.24) is 10.2 Å². The Balaban J connectivity index is 0.00000364. The lowest BCUT2D eigenvalue weighted by Gasteiger charge is -2.33. The fourth-order valence-corrected chi connectivity index (χ4v) is 3.44. The van der Waals surface area contributed by atoms with Gasteiger partial charge in [0.05, 0.1) is 12.5 Å². The second-order valence-electron chi connectivity index (χ2n) is 6.23. The first-order valence-corrected chi connectivity index (χ1v) is 9.98. The number of piperidine rings is 1. The van der Waals surface area contributed by atoms with Gasteiger partial charge in [-0.1, -0.05) is 15.9 Å². The van der Waals surface area contributed by atoms with E-state index in [9.17, 15) is 9.18 Å². The number of hydrogen-bond acceptors (Lipinski definition) is 3. The second kappa shape index (κ2) is 12.5. The van der Waals surface area contributed by atoms with E-state index in [2.05, 4.69) is 31.1 Å². The normalized spacial score (nSPS) is 15.3. The van der Waals surface area contributed by atoms with Gasteiger partial charge >= 0.3 is 5.97 Å². The molecule has 2 rings (SSSR count). The molecule has 1 N–H and O–H groups in total. The monoisotopic (exact) mass is 555 g/mol. The van der Waals surface area contributed by atoms with Gasteiger partial charge in [0, 0.05) is 30.7 Å². The zero-order valence-electron chi connectivity index (χ0n) is 15.8. The minimum atomic E-state index is -0.205. The number of carbonyl (C=O) groups excluding carboxylic acids is 1. The van der Waals surface area contributed by atoms with E-state index in [0.717, 1.165) is 42.9 Å². The number of benzene rings is 1. The van der Waals surface area contributed by atoms with Crippen LogP contribution in [0.25, 0.3) is 0 Å². The SMILES string of the molecule is CCNC(=NCCc1cc(Br)ccc1F)N1CCC(C(=O)OCC)CC1.I. The predicted molar refractivity (Wildman–Crippen MR) is 120 cm³/mol. The molecule has 0 spiro atoms. The first-order chi connectivity index (χ1) is 12.5. The maximum atomic E-state index is 13.8. The average molecular weight is 556 g/mol. The van der Waals surface area contributed by atoms with Crippen LogP contribution in [0.5, 0.6) is 0 Å². The summed E-state index contributed by atoms with van der Waals surface area (Å²) in [6, 6.07) is 4.96. The van der Waals surface area contributed by atoms with Gasteiger partial charge in [-0.3, -0.25) is 9.79 Å². The lowest BCUT2D eigenvalue weighted by atomic mass is 9.97. The largest absolute Gasteiger partial charge is 0.466 e. The molecular formula is C19H28BrFIN3O2. The van der Waals surface area contributed by atoms with Crippen molar-refractivity contribution in [2.45, 2.75) is 33.1 Å². The summed E-state index contributed by atoms with van der Waals surface area (Å²) in [6.45, 7) is 7.08. The highest BCUT2D eigenvalue weighted by atomic mass is 127. The summed E-state index contributed by atoms with van der Waals surface area (Å²) >= 11 is 3.37. The van der Waals surface area contributed by atoms with Gasteiger partial charge in [-0.15, -0.1) is 24.0 Å². The van der Waals surface area contributed by atoms with Gasteiger partial charge in [-0.05, 0) is 56.9 Å². The number of halogens is 3. The van der Waals surface area contributed by atoms with Crippen molar-refractivity contribution in [1.29, 1.82) is 0 Å². The number of hydrogen-bond donors (Lipinski definition) is 1. The van der Waals surface area contributed by atoms with E-state index in [1.54, 1.807) is 12.1 Å². The molecule has 1 saturated heterocycles. The van der Waals surface area contributed by atoms with Crippen molar-refractivity contribution in [2.75, 3.05) is 32.8 Å². The first-order valence-electron chi connectivity index (χ1n) is 9.19. The van der Waals surface area contributed by atoms with E-state index >= 15 is 0 Å². The van der Waals surface area contributed by atoms with Crippen LogP contribution in [0.2, 0.25) is 0 Å². The molecule has 0 aromatic heterocycles. The Labute approximate surface area is 186 Å². The quantitative estimate of drug-likeness (QED) is 0.250. The Bertz CT molecular complexity index is 637. The van der Waals surface area contributed by atoms with Crippen LogP contribution < -0.4 is 5.32 Å². The van der Waals surface area contributed by atoms with Crippen molar-refractivity contribution in [2.24, 2.45) is 10.9 Å². The molecule has 1 heterocycles. The van der Waals surface area contributed by atoms with Crippen LogP contribution in [0.4, 0.5) is 4.39 Å². The molecule has 8 heteroatoms. The van der Waals surface area contributed by atoms with Crippen LogP contribution in [0.3, 0.4) is 0 Å². The summed E-state index contributed by atoms with van der Waals surface area (Å²) in [5, 5.41) is 3.29. The number of nitrogens with one attached hydrogen (secondary N) is 1. The van der Waals surface area contributed by atoms with Crippen molar-refractivity contribution in [3.8, 4) is 0 Å². The van der Waals surface area contributed by atoms with Crippen LogP contribution in [0.1, 0.15) is 32.3 Å². The van der Waals surface area contributed by atoms with E-state index < -0.39 is 0 Å². The average Bonchev–Trinajstić information content (AvgIpc) is 2.64. The molecule has 0 atom stereocenters. The van der Waals surface area contributed by atoms with Gasteiger partial charge in [-0.25, -0.2) is 4.39 Å².